The first-order valence-corrected chi connectivity index (χ1v) is 8.39. The van der Waals surface area contributed by atoms with Crippen LogP contribution in [0.5, 0.6) is 0 Å². The molecule has 1 aromatic rings. The number of rotatable bonds is 2. The molecule has 1 aliphatic rings. The van der Waals surface area contributed by atoms with Crippen LogP contribution in [-0.2, 0) is 9.84 Å². The Kier molecular flexibility index (Phi) is 4.10. The number of anilines is 2. The molecule has 0 amide bonds. The number of alkyl halides is 3. The number of nitrogen functional groups attached to an aromatic ring is 1. The molecule has 0 saturated carbocycles. The molecular formula is C13H17F3N2O2S. The Hall–Kier alpha value is -1.44. The van der Waals surface area contributed by atoms with Crippen LogP contribution in [0.2, 0.25) is 0 Å². The Morgan fingerprint density at radius 3 is 2.24 bits per heavy atom. The van der Waals surface area contributed by atoms with Crippen molar-refractivity contribution in [3.63, 3.8) is 0 Å². The highest BCUT2D eigenvalue weighted by Gasteiger charge is 2.41. The van der Waals surface area contributed by atoms with Gasteiger partial charge in [-0.1, -0.05) is 0 Å². The van der Waals surface area contributed by atoms with E-state index in [9.17, 15) is 21.6 Å². The lowest BCUT2D eigenvalue weighted by Gasteiger charge is -2.35. The highest BCUT2D eigenvalue weighted by Crippen LogP contribution is 2.36. The molecule has 2 N–H and O–H groups in total. The number of nitrogens with two attached hydrogens (primary N) is 1. The second kappa shape index (κ2) is 5.40. The van der Waals surface area contributed by atoms with Gasteiger partial charge >= 0.3 is 6.18 Å². The summed E-state index contributed by atoms with van der Waals surface area (Å²) >= 11 is 0. The van der Waals surface area contributed by atoms with E-state index in [1.54, 1.807) is 11.0 Å². The largest absolute Gasteiger partial charge is 0.397 e. The third-order valence-corrected chi connectivity index (χ3v) is 4.84. The van der Waals surface area contributed by atoms with Gasteiger partial charge < -0.3 is 10.6 Å². The summed E-state index contributed by atoms with van der Waals surface area (Å²) in [6.45, 7) is 0.513. The number of sulfone groups is 1. The fraction of sp³-hybridized carbons (Fsp3) is 0.538. The number of nitrogens with zero attached hydrogens (tertiary/aromatic N) is 1. The molecule has 1 heterocycles. The summed E-state index contributed by atoms with van der Waals surface area (Å²) < 4.78 is 60.7. The summed E-state index contributed by atoms with van der Waals surface area (Å²) in [5, 5.41) is 0. The monoisotopic (exact) mass is 322 g/mol. The average Bonchev–Trinajstić information content (AvgIpc) is 2.36. The van der Waals surface area contributed by atoms with Crippen LogP contribution in [0.4, 0.5) is 24.5 Å². The topological polar surface area (TPSA) is 63.4 Å². The summed E-state index contributed by atoms with van der Waals surface area (Å²) in [7, 11) is -3.35. The second-order valence-corrected chi connectivity index (χ2v) is 7.31. The van der Waals surface area contributed by atoms with Gasteiger partial charge in [0.05, 0.1) is 22.2 Å². The molecule has 1 aromatic carbocycles. The van der Waals surface area contributed by atoms with Crippen LogP contribution >= 0.6 is 0 Å². The molecule has 1 aliphatic heterocycles. The third kappa shape index (κ3) is 3.61. The molecule has 1 fully saturated rings. The van der Waals surface area contributed by atoms with E-state index < -0.39 is 21.9 Å². The van der Waals surface area contributed by atoms with Gasteiger partial charge in [-0.3, -0.25) is 0 Å². The van der Waals surface area contributed by atoms with Gasteiger partial charge in [0.1, 0.15) is 0 Å². The summed E-state index contributed by atoms with van der Waals surface area (Å²) in [5.41, 5.74) is 6.69. The summed E-state index contributed by atoms with van der Waals surface area (Å²) in [6, 6.07) is 4.33. The molecule has 21 heavy (non-hydrogen) atoms. The lowest BCUT2D eigenvalue weighted by Crippen LogP contribution is -2.39. The number of benzene rings is 1. The van der Waals surface area contributed by atoms with Gasteiger partial charge in [0.2, 0.25) is 0 Å². The molecule has 1 saturated heterocycles. The smallest absolute Gasteiger partial charge is 0.391 e. The normalized spacial score (nSPS) is 18.0. The van der Waals surface area contributed by atoms with E-state index in [-0.39, 0.29) is 36.5 Å². The maximum absolute atomic E-state index is 12.6. The average molecular weight is 322 g/mol. The van der Waals surface area contributed by atoms with Crippen molar-refractivity contribution in [2.24, 2.45) is 5.92 Å². The maximum Gasteiger partial charge on any atom is 0.391 e. The molecule has 0 unspecified atom stereocenters. The van der Waals surface area contributed by atoms with Gasteiger partial charge in [-0.05, 0) is 31.0 Å². The number of hydrogen-bond donors (Lipinski definition) is 1. The lowest BCUT2D eigenvalue weighted by atomic mass is 9.96. The van der Waals surface area contributed by atoms with Crippen molar-refractivity contribution in [3.05, 3.63) is 18.2 Å². The van der Waals surface area contributed by atoms with E-state index in [0.717, 1.165) is 6.26 Å². The van der Waals surface area contributed by atoms with Crippen LogP contribution in [0.25, 0.3) is 0 Å². The van der Waals surface area contributed by atoms with Crippen LogP contribution in [0.3, 0.4) is 0 Å². The highest BCUT2D eigenvalue weighted by atomic mass is 32.2. The number of hydrogen-bond acceptors (Lipinski definition) is 4. The highest BCUT2D eigenvalue weighted by molar-refractivity contribution is 7.90. The van der Waals surface area contributed by atoms with Gasteiger partial charge in [0.25, 0.3) is 0 Å². The zero-order valence-electron chi connectivity index (χ0n) is 11.5. The van der Waals surface area contributed by atoms with E-state index in [1.807, 2.05) is 0 Å². The summed E-state index contributed by atoms with van der Waals surface area (Å²) in [5.74, 6) is -1.27. The van der Waals surface area contributed by atoms with E-state index >= 15 is 0 Å². The first-order chi connectivity index (χ1) is 9.59. The summed E-state index contributed by atoms with van der Waals surface area (Å²) in [4.78, 5) is 1.87. The molecule has 0 spiro atoms. The lowest BCUT2D eigenvalue weighted by molar-refractivity contribution is -0.179. The van der Waals surface area contributed by atoms with Crippen molar-refractivity contribution in [1.29, 1.82) is 0 Å². The Morgan fingerprint density at radius 1 is 1.24 bits per heavy atom. The van der Waals surface area contributed by atoms with Crippen LogP contribution in [0, 0.1) is 5.92 Å². The SMILES string of the molecule is CS(=O)(=O)c1ccc(N2CCC(C(F)(F)F)CC2)c(N)c1. The van der Waals surface area contributed by atoms with Gasteiger partial charge in [-0.2, -0.15) is 13.2 Å². The molecular weight excluding hydrogens is 305 g/mol. The quantitative estimate of drug-likeness (QED) is 0.850. The summed E-state index contributed by atoms with van der Waals surface area (Å²) in [6.07, 6.45) is -3.03. The molecule has 2 rings (SSSR count). The maximum atomic E-state index is 12.6. The van der Waals surface area contributed by atoms with E-state index in [0.29, 0.717) is 5.69 Å². The molecule has 118 valence electrons. The molecule has 0 radical (unpaired) electrons. The Bertz CT molecular complexity index is 621. The van der Waals surface area contributed by atoms with Gasteiger partial charge in [-0.25, -0.2) is 8.42 Å². The zero-order valence-corrected chi connectivity index (χ0v) is 12.3. The minimum atomic E-state index is -4.15. The Balaban J connectivity index is 2.15. The van der Waals surface area contributed by atoms with Gasteiger partial charge in [0, 0.05) is 19.3 Å². The molecule has 8 heteroatoms. The van der Waals surface area contributed by atoms with Crippen molar-refractivity contribution >= 4 is 21.2 Å². The van der Waals surface area contributed by atoms with Crippen molar-refractivity contribution < 1.29 is 21.6 Å². The van der Waals surface area contributed by atoms with Crippen molar-refractivity contribution in [3.8, 4) is 0 Å². The first-order valence-electron chi connectivity index (χ1n) is 6.50. The standard InChI is InChI=1S/C13H17F3N2O2S/c1-21(19,20)10-2-3-12(11(17)8-10)18-6-4-9(5-7-18)13(14,15)16/h2-3,8-9H,4-7,17H2,1H3. The minimum absolute atomic E-state index is 0.0246. The molecule has 4 nitrogen and oxygen atoms in total. The zero-order chi connectivity index (χ0) is 15.8. The molecule has 0 aromatic heterocycles. The van der Waals surface area contributed by atoms with Crippen LogP contribution in [0.1, 0.15) is 12.8 Å². The van der Waals surface area contributed by atoms with Crippen molar-refractivity contribution in [2.45, 2.75) is 23.9 Å². The Labute approximate surface area is 121 Å². The molecule has 0 bridgehead atoms. The van der Waals surface area contributed by atoms with Gasteiger partial charge in [0.15, 0.2) is 9.84 Å². The number of halogens is 3. The predicted molar refractivity (Wildman–Crippen MR) is 75.0 cm³/mol. The van der Waals surface area contributed by atoms with Gasteiger partial charge in [-0.15, -0.1) is 0 Å². The van der Waals surface area contributed by atoms with Crippen LogP contribution in [-0.4, -0.2) is 33.9 Å². The van der Waals surface area contributed by atoms with E-state index in [2.05, 4.69) is 0 Å². The predicted octanol–water partition coefficient (Wildman–Crippen LogP) is 2.45. The fourth-order valence-corrected chi connectivity index (χ4v) is 3.16. The number of piperidine rings is 1. The Morgan fingerprint density at radius 2 is 1.81 bits per heavy atom. The fourth-order valence-electron chi connectivity index (χ4n) is 2.50. The molecule has 0 aliphatic carbocycles. The van der Waals surface area contributed by atoms with Crippen molar-refractivity contribution in [1.82, 2.24) is 0 Å². The minimum Gasteiger partial charge on any atom is -0.397 e. The van der Waals surface area contributed by atoms with E-state index in [4.69, 9.17) is 5.73 Å². The van der Waals surface area contributed by atoms with Crippen LogP contribution < -0.4 is 10.6 Å². The molecule has 0 atom stereocenters. The third-order valence-electron chi connectivity index (χ3n) is 3.73. The first kappa shape index (κ1) is 15.9. The van der Waals surface area contributed by atoms with E-state index in [1.165, 1.54) is 12.1 Å². The van der Waals surface area contributed by atoms with Crippen LogP contribution in [0.15, 0.2) is 23.1 Å². The van der Waals surface area contributed by atoms with Crippen molar-refractivity contribution in [2.75, 3.05) is 30.0 Å². The second-order valence-electron chi connectivity index (χ2n) is 5.30.